The van der Waals surface area contributed by atoms with Gasteiger partial charge >= 0.3 is 0 Å². The van der Waals surface area contributed by atoms with Crippen LogP contribution in [0, 0.1) is 12.8 Å². The van der Waals surface area contributed by atoms with Gasteiger partial charge in [0.2, 0.25) is 11.9 Å². The molecular weight excluding hydrogens is 312 g/mol. The van der Waals surface area contributed by atoms with Crippen molar-refractivity contribution in [2.24, 2.45) is 10.9 Å². The third kappa shape index (κ3) is 3.44. The summed E-state index contributed by atoms with van der Waals surface area (Å²) in [4.78, 5) is 16.3. The molecule has 1 aromatic heterocycles. The maximum absolute atomic E-state index is 4.67. The van der Waals surface area contributed by atoms with Gasteiger partial charge in [0, 0.05) is 11.4 Å². The Kier molecular flexibility index (Phi) is 4.53. The van der Waals surface area contributed by atoms with Crippen LogP contribution in [-0.4, -0.2) is 40.2 Å². The zero-order valence-electron chi connectivity index (χ0n) is 15.0. The predicted octanol–water partition coefficient (Wildman–Crippen LogP) is 3.11. The van der Waals surface area contributed by atoms with Crippen LogP contribution >= 0.6 is 0 Å². The summed E-state index contributed by atoms with van der Waals surface area (Å²) >= 11 is 0. The topological polar surface area (TPSA) is 65.4 Å². The molecule has 0 bridgehead atoms. The molecular formula is C19H26N6. The highest BCUT2D eigenvalue weighted by atomic mass is 15.4. The van der Waals surface area contributed by atoms with Gasteiger partial charge in [-0.1, -0.05) is 38.0 Å². The summed E-state index contributed by atoms with van der Waals surface area (Å²) in [6.45, 7) is 5.94. The average molecular weight is 338 g/mol. The Morgan fingerprint density at radius 1 is 1.16 bits per heavy atom. The van der Waals surface area contributed by atoms with Crippen molar-refractivity contribution >= 4 is 22.8 Å². The number of para-hydroxylation sites is 1. The van der Waals surface area contributed by atoms with Crippen LogP contribution in [0.4, 0.5) is 5.95 Å². The molecule has 6 heteroatoms. The fourth-order valence-electron chi connectivity index (χ4n) is 3.99. The van der Waals surface area contributed by atoms with E-state index in [9.17, 15) is 0 Å². The minimum Gasteiger partial charge on any atom is -0.343 e. The summed E-state index contributed by atoms with van der Waals surface area (Å²) in [7, 11) is 0. The number of hydrogen-bond acceptors (Lipinski definition) is 6. The van der Waals surface area contributed by atoms with Gasteiger partial charge in [0.1, 0.15) is 0 Å². The number of aryl methyl sites for hydroxylation is 1. The summed E-state index contributed by atoms with van der Waals surface area (Å²) < 4.78 is 0. The first kappa shape index (κ1) is 16.3. The van der Waals surface area contributed by atoms with E-state index in [0.29, 0.717) is 12.0 Å². The number of hydrogen-bond donors (Lipinski definition) is 2. The quantitative estimate of drug-likeness (QED) is 0.881. The second-order valence-corrected chi connectivity index (χ2v) is 7.18. The lowest BCUT2D eigenvalue weighted by Gasteiger charge is -2.39. The number of aliphatic imine (C=N–C) groups is 1. The predicted molar refractivity (Wildman–Crippen MR) is 101 cm³/mol. The van der Waals surface area contributed by atoms with E-state index in [0.717, 1.165) is 41.8 Å². The monoisotopic (exact) mass is 338 g/mol. The van der Waals surface area contributed by atoms with Crippen LogP contribution in [0.3, 0.4) is 0 Å². The molecule has 0 radical (unpaired) electrons. The van der Waals surface area contributed by atoms with Crippen molar-refractivity contribution < 1.29 is 0 Å². The first-order valence-electron chi connectivity index (χ1n) is 9.23. The van der Waals surface area contributed by atoms with Crippen molar-refractivity contribution in [3.05, 3.63) is 30.0 Å². The standard InChI is InChI=1S/C19H26N6/c1-13-7-3-6-10-17(13)25-11-20-18(21-12-25)24-19-22-14(2)15-8-4-5-9-16(15)23-19/h4-5,8-9,13,17H,3,6-7,10-12H2,1-2H3,(H2,20,21,22,23,24)/t13-,17+/m1/s1. The van der Waals surface area contributed by atoms with Gasteiger partial charge in [0.05, 0.1) is 24.5 Å². The smallest absolute Gasteiger partial charge is 0.230 e. The lowest BCUT2D eigenvalue weighted by molar-refractivity contribution is 0.107. The van der Waals surface area contributed by atoms with Crippen LogP contribution in [0.1, 0.15) is 38.3 Å². The molecule has 1 aliphatic heterocycles. The average Bonchev–Trinajstić information content (AvgIpc) is 2.63. The highest BCUT2D eigenvalue weighted by molar-refractivity contribution is 5.93. The van der Waals surface area contributed by atoms with Gasteiger partial charge in [-0.15, -0.1) is 0 Å². The van der Waals surface area contributed by atoms with Gasteiger partial charge in [0.25, 0.3) is 0 Å². The van der Waals surface area contributed by atoms with E-state index in [2.05, 4.69) is 37.4 Å². The van der Waals surface area contributed by atoms with Crippen molar-refractivity contribution in [2.75, 3.05) is 18.7 Å². The molecule has 2 aromatic rings. The lowest BCUT2D eigenvalue weighted by atomic mass is 9.85. The molecule has 2 N–H and O–H groups in total. The van der Waals surface area contributed by atoms with Crippen molar-refractivity contribution in [1.82, 2.24) is 20.2 Å². The molecule has 0 unspecified atom stereocenters. The number of aromatic nitrogens is 2. The van der Waals surface area contributed by atoms with Crippen LogP contribution in [0.5, 0.6) is 0 Å². The zero-order chi connectivity index (χ0) is 17.2. The van der Waals surface area contributed by atoms with Crippen LogP contribution in [0.2, 0.25) is 0 Å². The molecule has 4 rings (SSSR count). The first-order chi connectivity index (χ1) is 12.2. The molecule has 25 heavy (non-hydrogen) atoms. The van der Waals surface area contributed by atoms with Gasteiger partial charge in [-0.2, -0.15) is 0 Å². The summed E-state index contributed by atoms with van der Waals surface area (Å²) in [5, 5.41) is 7.71. The van der Waals surface area contributed by atoms with Gasteiger partial charge in [-0.3, -0.25) is 10.2 Å². The number of nitrogens with zero attached hydrogens (tertiary/aromatic N) is 4. The number of anilines is 1. The number of fused-ring (bicyclic) bond motifs is 1. The number of nitrogens with one attached hydrogen (secondary N) is 2. The fraction of sp³-hybridized carbons (Fsp3) is 0.526. The highest BCUT2D eigenvalue weighted by Crippen LogP contribution is 2.28. The molecule has 2 heterocycles. The van der Waals surface area contributed by atoms with Crippen LogP contribution in [-0.2, 0) is 0 Å². The number of rotatable bonds is 2. The molecule has 1 aliphatic carbocycles. The number of benzene rings is 1. The van der Waals surface area contributed by atoms with E-state index < -0.39 is 0 Å². The minimum absolute atomic E-state index is 0.599. The van der Waals surface area contributed by atoms with E-state index in [1.54, 1.807) is 0 Å². The van der Waals surface area contributed by atoms with E-state index in [1.165, 1.54) is 25.7 Å². The van der Waals surface area contributed by atoms with Gasteiger partial charge < -0.3 is 5.32 Å². The Labute approximate surface area is 148 Å². The fourth-order valence-corrected chi connectivity index (χ4v) is 3.99. The molecule has 0 spiro atoms. The minimum atomic E-state index is 0.599. The molecule has 132 valence electrons. The normalized spacial score (nSPS) is 24.6. The maximum atomic E-state index is 4.67. The van der Waals surface area contributed by atoms with Gasteiger partial charge in [-0.05, 0) is 31.7 Å². The SMILES string of the molecule is Cc1nc(NC2=NCN([C@H]3CCCC[C@H]3C)CN2)nc2ccccc12. The molecule has 2 aliphatic rings. The van der Waals surface area contributed by atoms with Gasteiger partial charge in [-0.25, -0.2) is 15.0 Å². The zero-order valence-corrected chi connectivity index (χ0v) is 15.0. The second-order valence-electron chi connectivity index (χ2n) is 7.18. The Hall–Kier alpha value is -2.21. The van der Waals surface area contributed by atoms with Crippen molar-refractivity contribution in [3.63, 3.8) is 0 Å². The van der Waals surface area contributed by atoms with E-state index >= 15 is 0 Å². The van der Waals surface area contributed by atoms with Crippen molar-refractivity contribution in [3.8, 4) is 0 Å². The molecule has 2 atom stereocenters. The summed E-state index contributed by atoms with van der Waals surface area (Å²) in [5.74, 6) is 2.11. The Morgan fingerprint density at radius 2 is 2.00 bits per heavy atom. The summed E-state index contributed by atoms with van der Waals surface area (Å²) in [6, 6.07) is 8.72. The van der Waals surface area contributed by atoms with Crippen LogP contribution in [0.15, 0.2) is 29.3 Å². The Bertz CT molecular complexity index is 787. The largest absolute Gasteiger partial charge is 0.343 e. The van der Waals surface area contributed by atoms with E-state index in [-0.39, 0.29) is 0 Å². The van der Waals surface area contributed by atoms with E-state index in [4.69, 9.17) is 0 Å². The first-order valence-corrected chi connectivity index (χ1v) is 9.23. The van der Waals surface area contributed by atoms with Crippen LogP contribution < -0.4 is 10.6 Å². The number of guanidine groups is 1. The Balaban J connectivity index is 1.45. The summed E-state index contributed by atoms with van der Waals surface area (Å²) in [5.41, 5.74) is 1.92. The molecule has 0 amide bonds. The van der Waals surface area contributed by atoms with Gasteiger partial charge in [0.15, 0.2) is 0 Å². The molecule has 6 nitrogen and oxygen atoms in total. The maximum Gasteiger partial charge on any atom is 0.230 e. The molecule has 1 fully saturated rings. The molecule has 1 aromatic carbocycles. The lowest BCUT2D eigenvalue weighted by Crippen LogP contribution is -2.52. The molecule has 1 saturated carbocycles. The van der Waals surface area contributed by atoms with E-state index in [1.807, 2.05) is 31.2 Å². The van der Waals surface area contributed by atoms with Crippen molar-refractivity contribution in [2.45, 2.75) is 45.6 Å². The Morgan fingerprint density at radius 3 is 2.80 bits per heavy atom. The second kappa shape index (κ2) is 6.96. The summed E-state index contributed by atoms with van der Waals surface area (Å²) in [6.07, 6.45) is 5.33. The van der Waals surface area contributed by atoms with Crippen molar-refractivity contribution in [1.29, 1.82) is 0 Å². The molecule has 0 saturated heterocycles. The van der Waals surface area contributed by atoms with Crippen LogP contribution in [0.25, 0.3) is 10.9 Å². The third-order valence-electron chi connectivity index (χ3n) is 5.42. The highest BCUT2D eigenvalue weighted by Gasteiger charge is 2.28. The third-order valence-corrected chi connectivity index (χ3v) is 5.42.